The number of hydrogen-bond acceptors (Lipinski definition) is 4. The van der Waals surface area contributed by atoms with Gasteiger partial charge in [0, 0.05) is 12.7 Å². The van der Waals surface area contributed by atoms with Crippen molar-refractivity contribution in [2.75, 3.05) is 7.11 Å². The number of rotatable bonds is 4. The van der Waals surface area contributed by atoms with Gasteiger partial charge in [-0.25, -0.2) is 4.98 Å². The van der Waals surface area contributed by atoms with E-state index in [1.807, 2.05) is 13.8 Å². The molecule has 0 atom stereocenters. The first-order chi connectivity index (χ1) is 12.2. The second kappa shape index (κ2) is 7.44. The highest BCUT2D eigenvalue weighted by atomic mass is 19.4. The minimum atomic E-state index is -4.58. The fourth-order valence-corrected chi connectivity index (χ4v) is 2.51. The molecule has 2 rings (SSSR count). The molecule has 8 heteroatoms. The van der Waals surface area contributed by atoms with Gasteiger partial charge in [0.05, 0.1) is 24.3 Å². The van der Waals surface area contributed by atoms with E-state index < -0.39 is 17.6 Å². The summed E-state index contributed by atoms with van der Waals surface area (Å²) in [7, 11) is 1.17. The molecule has 0 unspecified atom stereocenters. The largest absolute Gasteiger partial charge is 0.494 e. The summed E-state index contributed by atoms with van der Waals surface area (Å²) in [5.74, 6) is -0.913. The average Bonchev–Trinajstić information content (AvgIpc) is 2.59. The van der Waals surface area contributed by atoms with Crippen LogP contribution in [0.25, 0.3) is 0 Å². The van der Waals surface area contributed by atoms with Crippen LogP contribution in [0.4, 0.5) is 13.2 Å². The Balaban J connectivity index is 2.23. The lowest BCUT2D eigenvalue weighted by atomic mass is 9.99. The molecule has 1 amide bonds. The van der Waals surface area contributed by atoms with Crippen LogP contribution in [-0.4, -0.2) is 18.0 Å². The van der Waals surface area contributed by atoms with Gasteiger partial charge in [0.25, 0.3) is 5.91 Å². The van der Waals surface area contributed by atoms with Crippen molar-refractivity contribution in [2.24, 2.45) is 0 Å². The minimum absolute atomic E-state index is 0.147. The molecule has 1 heterocycles. The molecule has 0 saturated carbocycles. The summed E-state index contributed by atoms with van der Waals surface area (Å²) >= 11 is 0. The molecule has 5 nitrogen and oxygen atoms in total. The highest BCUT2D eigenvalue weighted by molar-refractivity contribution is 5.95. The van der Waals surface area contributed by atoms with E-state index in [1.165, 1.54) is 7.11 Å². The summed E-state index contributed by atoms with van der Waals surface area (Å²) in [6.45, 7) is 3.77. The zero-order chi connectivity index (χ0) is 19.5. The van der Waals surface area contributed by atoms with E-state index in [2.05, 4.69) is 16.4 Å². The van der Waals surface area contributed by atoms with Gasteiger partial charge in [-0.3, -0.25) is 4.79 Å². The quantitative estimate of drug-likeness (QED) is 0.902. The van der Waals surface area contributed by atoms with Crippen molar-refractivity contribution in [2.45, 2.75) is 26.6 Å². The Labute approximate surface area is 148 Å². The number of nitrogens with one attached hydrogen (secondary N) is 1. The fourth-order valence-electron chi connectivity index (χ4n) is 2.51. The van der Waals surface area contributed by atoms with Crippen LogP contribution in [0.5, 0.6) is 5.75 Å². The highest BCUT2D eigenvalue weighted by Gasteiger charge is 2.32. The summed E-state index contributed by atoms with van der Waals surface area (Å²) in [4.78, 5) is 15.9. The van der Waals surface area contributed by atoms with E-state index in [1.54, 1.807) is 12.1 Å². The molecule has 136 valence electrons. The van der Waals surface area contributed by atoms with Crippen molar-refractivity contribution >= 4 is 5.91 Å². The first kappa shape index (κ1) is 19.2. The van der Waals surface area contributed by atoms with E-state index in [-0.39, 0.29) is 18.0 Å². The van der Waals surface area contributed by atoms with Crippen LogP contribution in [0.3, 0.4) is 0 Å². The van der Waals surface area contributed by atoms with E-state index in [9.17, 15) is 18.0 Å². The predicted molar refractivity (Wildman–Crippen MR) is 87.6 cm³/mol. The number of aromatic nitrogens is 1. The Morgan fingerprint density at radius 2 is 1.88 bits per heavy atom. The Kier molecular flexibility index (Phi) is 5.50. The molecule has 0 radical (unpaired) electrons. The zero-order valence-corrected chi connectivity index (χ0v) is 14.4. The number of benzene rings is 1. The Morgan fingerprint density at radius 1 is 1.27 bits per heavy atom. The molecule has 0 fully saturated rings. The third-order valence-corrected chi connectivity index (χ3v) is 3.87. The summed E-state index contributed by atoms with van der Waals surface area (Å²) in [6.07, 6.45) is -3.98. The van der Waals surface area contributed by atoms with Crippen molar-refractivity contribution in [3.63, 3.8) is 0 Å². The molecule has 2 aromatic rings. The van der Waals surface area contributed by atoms with Crippen molar-refractivity contribution in [3.05, 3.63) is 57.9 Å². The predicted octanol–water partition coefficient (Wildman–Crippen LogP) is 3.53. The smallest absolute Gasteiger partial charge is 0.418 e. The number of carbonyl (C=O) groups excluding carboxylic acids is 1. The summed E-state index contributed by atoms with van der Waals surface area (Å²) < 4.78 is 43.1. The van der Waals surface area contributed by atoms with E-state index >= 15 is 0 Å². The molecule has 0 aliphatic carbocycles. The van der Waals surface area contributed by atoms with Crippen LogP contribution < -0.4 is 10.1 Å². The number of methoxy groups -OCH3 is 1. The average molecular weight is 363 g/mol. The third-order valence-electron chi connectivity index (χ3n) is 3.87. The summed E-state index contributed by atoms with van der Waals surface area (Å²) in [5, 5.41) is 11.6. The molecule has 0 bridgehead atoms. The normalized spacial score (nSPS) is 11.0. The van der Waals surface area contributed by atoms with Gasteiger partial charge < -0.3 is 10.1 Å². The molecule has 0 aliphatic rings. The lowest BCUT2D eigenvalue weighted by Gasteiger charge is -2.14. The van der Waals surface area contributed by atoms with Crippen molar-refractivity contribution in [1.29, 1.82) is 5.26 Å². The molecule has 0 spiro atoms. The molecule has 0 saturated heterocycles. The molecule has 0 aliphatic heterocycles. The minimum Gasteiger partial charge on any atom is -0.494 e. The lowest BCUT2D eigenvalue weighted by molar-refractivity contribution is -0.137. The van der Waals surface area contributed by atoms with E-state index in [0.29, 0.717) is 11.8 Å². The topological polar surface area (TPSA) is 75.0 Å². The number of hydrogen-bond donors (Lipinski definition) is 1. The van der Waals surface area contributed by atoms with E-state index in [4.69, 9.17) is 10.00 Å². The maximum atomic E-state index is 12.7. The van der Waals surface area contributed by atoms with Crippen LogP contribution in [0.2, 0.25) is 0 Å². The number of carbonyl (C=O) groups is 1. The fraction of sp³-hybridized carbons (Fsp3) is 0.278. The number of alkyl halides is 3. The van der Waals surface area contributed by atoms with Gasteiger partial charge in [-0.15, -0.1) is 0 Å². The van der Waals surface area contributed by atoms with Crippen LogP contribution in [-0.2, 0) is 12.7 Å². The van der Waals surface area contributed by atoms with E-state index in [0.717, 1.165) is 22.8 Å². The first-order valence-electron chi connectivity index (χ1n) is 7.57. The molecular formula is C18H16F3N3O2. The molecule has 1 aromatic heterocycles. The number of ether oxygens (including phenoxy) is 1. The maximum Gasteiger partial charge on any atom is 0.418 e. The lowest BCUT2D eigenvalue weighted by Crippen LogP contribution is -2.25. The number of pyridine rings is 1. The second-order valence-electron chi connectivity index (χ2n) is 5.66. The van der Waals surface area contributed by atoms with Crippen molar-refractivity contribution in [3.8, 4) is 11.8 Å². The number of aryl methyl sites for hydroxylation is 2. The molecule has 26 heavy (non-hydrogen) atoms. The van der Waals surface area contributed by atoms with Gasteiger partial charge in [-0.2, -0.15) is 18.4 Å². The number of nitriles is 1. The monoisotopic (exact) mass is 363 g/mol. The molecule has 1 aromatic carbocycles. The van der Waals surface area contributed by atoms with Gasteiger partial charge >= 0.3 is 6.18 Å². The first-order valence-corrected chi connectivity index (χ1v) is 7.57. The van der Waals surface area contributed by atoms with Crippen LogP contribution in [0, 0.1) is 25.2 Å². The number of amides is 1. The summed E-state index contributed by atoms with van der Waals surface area (Å²) in [5.41, 5.74) is 1.77. The molecule has 1 N–H and O–H groups in total. The van der Waals surface area contributed by atoms with Crippen LogP contribution >= 0.6 is 0 Å². The molecular weight excluding hydrogens is 347 g/mol. The third kappa shape index (κ3) is 4.11. The maximum absolute atomic E-state index is 12.7. The zero-order valence-electron chi connectivity index (χ0n) is 14.4. The van der Waals surface area contributed by atoms with Gasteiger partial charge in [0.1, 0.15) is 0 Å². The van der Waals surface area contributed by atoms with Crippen LogP contribution in [0.1, 0.15) is 38.3 Å². The number of halogens is 3. The van der Waals surface area contributed by atoms with Crippen molar-refractivity contribution < 1.29 is 22.7 Å². The van der Waals surface area contributed by atoms with Gasteiger partial charge in [0.15, 0.2) is 11.4 Å². The standard InChI is InChI=1S/C18H16F3N3O2/c1-10-4-12(7-22)5-11(2)14(10)9-24-17(25)16-15(26-3)6-13(8-23-16)18(19,20)21/h4-6,8H,9H2,1-3H3,(H,24,25). The van der Waals surface area contributed by atoms with Gasteiger partial charge in [-0.1, -0.05) is 0 Å². The second-order valence-corrected chi connectivity index (χ2v) is 5.66. The van der Waals surface area contributed by atoms with Crippen LogP contribution in [0.15, 0.2) is 24.4 Å². The van der Waals surface area contributed by atoms with Crippen molar-refractivity contribution in [1.82, 2.24) is 10.3 Å². The number of nitrogens with zero attached hydrogens (tertiary/aromatic N) is 2. The van der Waals surface area contributed by atoms with Gasteiger partial charge in [-0.05, 0) is 48.7 Å². The SMILES string of the molecule is COc1cc(C(F)(F)F)cnc1C(=O)NCc1c(C)cc(C#N)cc1C. The van der Waals surface area contributed by atoms with Gasteiger partial charge in [0.2, 0.25) is 0 Å². The Hall–Kier alpha value is -3.08. The highest BCUT2D eigenvalue weighted by Crippen LogP contribution is 2.32. The Morgan fingerprint density at radius 3 is 2.38 bits per heavy atom. The Bertz CT molecular complexity index is 863. The summed E-state index contributed by atoms with van der Waals surface area (Å²) in [6, 6.07) is 6.19.